The zero-order chi connectivity index (χ0) is 54.2. The third-order valence-corrected chi connectivity index (χ3v) is 17.9. The molecule has 4 aromatic heterocycles. The van der Waals surface area contributed by atoms with Crippen molar-refractivity contribution in [3.8, 4) is 22.3 Å². The van der Waals surface area contributed by atoms with Crippen LogP contribution in [0.15, 0.2) is 218 Å². The normalized spacial score (nSPS) is 12.2. The van der Waals surface area contributed by atoms with Gasteiger partial charge in [0.2, 0.25) is 0 Å². The number of para-hydroxylation sites is 2. The van der Waals surface area contributed by atoms with E-state index < -0.39 is 0 Å². The summed E-state index contributed by atoms with van der Waals surface area (Å²) >= 11 is 0. The molecular weight excluding hydrogens is 969 g/mol. The van der Waals surface area contributed by atoms with Crippen LogP contribution in [0.3, 0.4) is 0 Å². The van der Waals surface area contributed by atoms with Crippen LogP contribution in [0.4, 0.5) is 34.1 Å². The molecule has 15 aromatic rings. The summed E-state index contributed by atoms with van der Waals surface area (Å²) < 4.78 is 5.14. The molecule has 4 nitrogen and oxygen atoms in total. The second-order valence-corrected chi connectivity index (χ2v) is 23.0. The maximum Gasteiger partial charge on any atom is 0.0641 e. The number of aryl methyl sites for hydroxylation is 2. The molecule has 0 N–H and O–H groups in total. The average molecular weight is 1030 g/mol. The monoisotopic (exact) mass is 1030 g/mol. The first-order valence-corrected chi connectivity index (χ1v) is 28.5. The van der Waals surface area contributed by atoms with Crippen molar-refractivity contribution in [2.75, 3.05) is 9.80 Å². The Hall–Kier alpha value is -9.38. The van der Waals surface area contributed by atoms with Crippen LogP contribution < -0.4 is 9.80 Å². The number of fused-ring (bicyclic) bond motifs is 12. The van der Waals surface area contributed by atoms with Crippen LogP contribution in [0, 0.1) is 27.7 Å². The van der Waals surface area contributed by atoms with Crippen molar-refractivity contribution in [1.82, 2.24) is 8.80 Å². The highest BCUT2D eigenvalue weighted by molar-refractivity contribution is 6.32. The van der Waals surface area contributed by atoms with Crippen molar-refractivity contribution in [3.63, 3.8) is 0 Å². The van der Waals surface area contributed by atoms with Crippen molar-refractivity contribution in [1.29, 1.82) is 0 Å². The fourth-order valence-corrected chi connectivity index (χ4v) is 13.6. The zero-order valence-corrected chi connectivity index (χ0v) is 46.7. The highest BCUT2D eigenvalue weighted by Crippen LogP contribution is 2.53. The summed E-state index contributed by atoms with van der Waals surface area (Å²) in [7, 11) is 0. The number of hydrogen-bond donors (Lipinski definition) is 0. The predicted octanol–water partition coefficient (Wildman–Crippen LogP) is 21.7. The van der Waals surface area contributed by atoms with Gasteiger partial charge in [0.25, 0.3) is 0 Å². The molecule has 0 spiro atoms. The van der Waals surface area contributed by atoms with Crippen LogP contribution in [0.25, 0.3) is 98.4 Å². The van der Waals surface area contributed by atoms with Crippen LogP contribution in [0.2, 0.25) is 0 Å². The second kappa shape index (κ2) is 18.1. The van der Waals surface area contributed by atoms with Gasteiger partial charge in [0.05, 0.1) is 55.8 Å². The van der Waals surface area contributed by atoms with Crippen LogP contribution in [-0.2, 0) is 0 Å². The highest BCUT2D eigenvalue weighted by Gasteiger charge is 2.30. The number of hydrogen-bond acceptors (Lipinski definition) is 2. The van der Waals surface area contributed by atoms with Crippen molar-refractivity contribution >= 4 is 110 Å². The summed E-state index contributed by atoms with van der Waals surface area (Å²) in [6.07, 6.45) is 0. The summed E-state index contributed by atoms with van der Waals surface area (Å²) in [6, 6.07) is 82.5. The fourth-order valence-electron chi connectivity index (χ4n) is 13.6. The van der Waals surface area contributed by atoms with E-state index in [1.807, 2.05) is 0 Å². The number of benzene rings is 11. The molecule has 0 unspecified atom stereocenters. The Morgan fingerprint density at radius 1 is 0.312 bits per heavy atom. The Morgan fingerprint density at radius 2 is 0.675 bits per heavy atom. The molecule has 80 heavy (non-hydrogen) atoms. The maximum absolute atomic E-state index is 2.57. The van der Waals surface area contributed by atoms with E-state index in [1.54, 1.807) is 0 Å². The molecule has 4 heteroatoms. The summed E-state index contributed by atoms with van der Waals surface area (Å²) in [5.74, 6) is 0.843. The van der Waals surface area contributed by atoms with E-state index in [1.165, 1.54) is 132 Å². The largest absolute Gasteiger partial charge is 0.309 e. The molecule has 11 aromatic carbocycles. The van der Waals surface area contributed by atoms with Crippen LogP contribution in [0.1, 0.15) is 72.9 Å². The van der Waals surface area contributed by atoms with E-state index in [-0.39, 0.29) is 0 Å². The van der Waals surface area contributed by atoms with E-state index in [2.05, 4.69) is 292 Å². The number of aromatic nitrogens is 2. The molecule has 15 rings (SSSR count). The van der Waals surface area contributed by atoms with E-state index in [4.69, 9.17) is 0 Å². The van der Waals surface area contributed by atoms with Gasteiger partial charge in [0.15, 0.2) is 0 Å². The van der Waals surface area contributed by atoms with Gasteiger partial charge in [-0.05, 0) is 157 Å². The lowest BCUT2D eigenvalue weighted by atomic mass is 9.93. The van der Waals surface area contributed by atoms with Gasteiger partial charge in [-0.2, -0.15) is 0 Å². The topological polar surface area (TPSA) is 15.3 Å². The minimum atomic E-state index is 0.421. The van der Waals surface area contributed by atoms with Crippen LogP contribution in [-0.4, -0.2) is 8.80 Å². The van der Waals surface area contributed by atoms with Crippen molar-refractivity contribution in [2.24, 2.45) is 0 Å². The Kier molecular flexibility index (Phi) is 10.8. The average Bonchev–Trinajstić information content (AvgIpc) is 4.41. The first kappa shape index (κ1) is 47.8. The summed E-state index contributed by atoms with van der Waals surface area (Å²) in [4.78, 5) is 5.08. The number of anilines is 6. The molecule has 0 amide bonds. The molecule has 0 aliphatic carbocycles. The van der Waals surface area contributed by atoms with Crippen molar-refractivity contribution in [2.45, 2.75) is 67.2 Å². The lowest BCUT2D eigenvalue weighted by Crippen LogP contribution is -2.13. The molecule has 0 fully saturated rings. The van der Waals surface area contributed by atoms with Gasteiger partial charge in [-0.1, -0.05) is 173 Å². The zero-order valence-electron chi connectivity index (χ0n) is 46.7. The van der Waals surface area contributed by atoms with Gasteiger partial charge in [-0.3, -0.25) is 0 Å². The number of rotatable bonds is 10. The quantitative estimate of drug-likeness (QED) is 0.136. The molecule has 0 radical (unpaired) electrons. The van der Waals surface area contributed by atoms with Crippen molar-refractivity contribution in [3.05, 3.63) is 252 Å². The van der Waals surface area contributed by atoms with Gasteiger partial charge < -0.3 is 18.6 Å². The molecular formula is C76H62N4. The van der Waals surface area contributed by atoms with Gasteiger partial charge in [0.1, 0.15) is 0 Å². The molecule has 0 aliphatic heterocycles. The maximum atomic E-state index is 2.57. The molecule has 0 saturated carbocycles. The highest BCUT2D eigenvalue weighted by atomic mass is 15.2. The molecule has 4 heterocycles. The number of nitrogens with zero attached hydrogens (tertiary/aromatic N) is 4. The Balaban J connectivity index is 1.01. The minimum absolute atomic E-state index is 0.421. The Morgan fingerprint density at radius 3 is 1.06 bits per heavy atom. The smallest absolute Gasteiger partial charge is 0.0641 e. The van der Waals surface area contributed by atoms with E-state index >= 15 is 0 Å². The SMILES string of the molecule is Cc1ccc(N(c2ccc(C(C)C)cc2)c2ccc3c4cc5c(cc4n4c6ccccc6c2c34)c2ccc(N(c3ccc(C(C)C)cc3)c3ccc(C)c(C)c3-c3ccccc3)c3c4ccccc4n5c23)c(-c2ccccc2)c1C. The van der Waals surface area contributed by atoms with Gasteiger partial charge in [0, 0.05) is 65.6 Å². The second-order valence-electron chi connectivity index (χ2n) is 23.0. The first-order valence-electron chi connectivity index (χ1n) is 28.5. The fraction of sp³-hybridized carbons (Fsp3) is 0.132. The first-order chi connectivity index (χ1) is 39.0. The summed E-state index contributed by atoms with van der Waals surface area (Å²) in [5, 5.41) is 9.98. The third-order valence-electron chi connectivity index (χ3n) is 17.9. The standard InChI is InChI=1S/C76H62N4/c1-45(2)51-29-33-55(34-30-51)77(65-39-27-47(5)49(7)71(65)53-19-11-9-12-20-53)67-41-37-57-61-43-70-62(44-69(61)79-63-25-17-15-23-59(63)73(67)75(57)79)58-38-42-68(74-60-24-16-18-26-64(60)80(70)76(58)74)78(56-35-31-52(32-36-56)46(3)4)66-40-28-48(6)50(8)72(66)54-21-13-10-14-22-54/h9-46H,1-8H3. The Labute approximate surface area is 467 Å². The van der Waals surface area contributed by atoms with E-state index in [0.29, 0.717) is 11.8 Å². The minimum Gasteiger partial charge on any atom is -0.309 e. The summed E-state index contributed by atoms with van der Waals surface area (Å²) in [5.41, 5.74) is 27.0. The molecule has 0 saturated heterocycles. The lowest BCUT2D eigenvalue weighted by molar-refractivity contribution is 0.866. The predicted molar refractivity (Wildman–Crippen MR) is 343 cm³/mol. The van der Waals surface area contributed by atoms with Crippen molar-refractivity contribution < 1.29 is 0 Å². The van der Waals surface area contributed by atoms with Gasteiger partial charge in [-0.25, -0.2) is 0 Å². The summed E-state index contributed by atoms with van der Waals surface area (Å²) in [6.45, 7) is 18.1. The molecule has 0 bridgehead atoms. The van der Waals surface area contributed by atoms with Gasteiger partial charge >= 0.3 is 0 Å². The van der Waals surface area contributed by atoms with E-state index in [0.717, 1.165) is 34.1 Å². The molecule has 0 aliphatic rings. The third kappa shape index (κ3) is 6.94. The van der Waals surface area contributed by atoms with Crippen LogP contribution in [0.5, 0.6) is 0 Å². The van der Waals surface area contributed by atoms with Gasteiger partial charge in [-0.15, -0.1) is 0 Å². The molecule has 386 valence electrons. The Bertz CT molecular complexity index is 4590. The van der Waals surface area contributed by atoms with Crippen LogP contribution >= 0.6 is 0 Å². The molecule has 0 atom stereocenters. The lowest BCUT2D eigenvalue weighted by Gasteiger charge is -2.30. The van der Waals surface area contributed by atoms with E-state index in [9.17, 15) is 0 Å².